The highest BCUT2D eigenvalue weighted by Gasteiger charge is 2.07. The van der Waals surface area contributed by atoms with E-state index in [1.807, 2.05) is 36.4 Å². The number of aryl methyl sites for hydroxylation is 2. The summed E-state index contributed by atoms with van der Waals surface area (Å²) in [7, 11) is 3.28. The van der Waals surface area contributed by atoms with Gasteiger partial charge in [-0.15, -0.1) is 0 Å². The van der Waals surface area contributed by atoms with Crippen molar-refractivity contribution in [1.82, 2.24) is 9.97 Å². The fraction of sp³-hybridized carbons (Fsp3) is 0.235. The number of anilines is 1. The number of fused-ring (bicyclic) bond motifs is 1. The van der Waals surface area contributed by atoms with Crippen LogP contribution in [0.5, 0.6) is 11.5 Å². The van der Waals surface area contributed by atoms with E-state index in [4.69, 9.17) is 15.2 Å². The number of rotatable bonds is 5. The van der Waals surface area contributed by atoms with Gasteiger partial charge in [-0.1, -0.05) is 6.07 Å². The smallest absolute Gasteiger partial charge is 0.160 e. The number of aromatic nitrogens is 2. The Morgan fingerprint density at radius 3 is 2.59 bits per heavy atom. The van der Waals surface area contributed by atoms with Crippen LogP contribution in [-0.2, 0) is 12.8 Å². The number of nitrogens with two attached hydrogens (primary N) is 1. The predicted octanol–water partition coefficient (Wildman–Crippen LogP) is 2.95. The van der Waals surface area contributed by atoms with Crippen LogP contribution in [0.15, 0.2) is 36.4 Å². The van der Waals surface area contributed by atoms with E-state index in [1.54, 1.807) is 14.2 Å². The first-order valence-electron chi connectivity index (χ1n) is 7.14. The zero-order valence-corrected chi connectivity index (χ0v) is 12.7. The Labute approximate surface area is 129 Å². The zero-order chi connectivity index (χ0) is 15.5. The predicted molar refractivity (Wildman–Crippen MR) is 87.5 cm³/mol. The van der Waals surface area contributed by atoms with Crippen molar-refractivity contribution in [3.05, 3.63) is 47.8 Å². The van der Waals surface area contributed by atoms with Gasteiger partial charge in [0.1, 0.15) is 5.82 Å². The minimum Gasteiger partial charge on any atom is -0.493 e. The molecular weight excluding hydrogens is 278 g/mol. The maximum Gasteiger partial charge on any atom is 0.160 e. The van der Waals surface area contributed by atoms with Gasteiger partial charge in [-0.2, -0.15) is 0 Å². The summed E-state index contributed by atoms with van der Waals surface area (Å²) in [6.45, 7) is 0. The van der Waals surface area contributed by atoms with Gasteiger partial charge >= 0.3 is 0 Å². The van der Waals surface area contributed by atoms with Crippen molar-refractivity contribution in [2.45, 2.75) is 12.8 Å². The Balaban J connectivity index is 1.76. The maximum absolute atomic E-state index is 5.78. The van der Waals surface area contributed by atoms with Crippen LogP contribution in [0.1, 0.15) is 11.4 Å². The quantitative estimate of drug-likeness (QED) is 0.710. The number of methoxy groups -OCH3 is 2. The minimum atomic E-state index is 0.739. The Morgan fingerprint density at radius 2 is 1.82 bits per heavy atom. The Bertz CT molecular complexity index is 796. The number of nitrogens with one attached hydrogen (secondary N) is 1. The number of H-pyrrole nitrogens is 1. The molecule has 3 N–H and O–H groups in total. The summed E-state index contributed by atoms with van der Waals surface area (Å²) in [6.07, 6.45) is 1.69. The molecule has 0 saturated heterocycles. The van der Waals surface area contributed by atoms with Crippen LogP contribution in [-0.4, -0.2) is 24.2 Å². The highest BCUT2D eigenvalue weighted by molar-refractivity contribution is 5.78. The van der Waals surface area contributed by atoms with Crippen molar-refractivity contribution < 1.29 is 9.47 Å². The largest absolute Gasteiger partial charge is 0.493 e. The molecule has 3 aromatic rings. The summed E-state index contributed by atoms with van der Waals surface area (Å²) in [6, 6.07) is 11.7. The molecular formula is C17H19N3O2. The molecule has 22 heavy (non-hydrogen) atoms. The fourth-order valence-corrected chi connectivity index (χ4v) is 2.50. The number of imidazole rings is 1. The van der Waals surface area contributed by atoms with E-state index >= 15 is 0 Å². The molecule has 5 heteroatoms. The van der Waals surface area contributed by atoms with Crippen LogP contribution in [0.3, 0.4) is 0 Å². The Morgan fingerprint density at radius 1 is 1.00 bits per heavy atom. The van der Waals surface area contributed by atoms with Gasteiger partial charge in [-0.25, -0.2) is 4.98 Å². The Kier molecular flexibility index (Phi) is 3.87. The average molecular weight is 297 g/mol. The molecule has 3 rings (SSSR count). The van der Waals surface area contributed by atoms with Crippen LogP contribution < -0.4 is 15.2 Å². The maximum atomic E-state index is 5.78. The van der Waals surface area contributed by atoms with Gasteiger partial charge < -0.3 is 20.2 Å². The summed E-state index contributed by atoms with van der Waals surface area (Å²) in [5.74, 6) is 2.44. The highest BCUT2D eigenvalue weighted by Crippen LogP contribution is 2.28. The van der Waals surface area contributed by atoms with E-state index in [0.29, 0.717) is 0 Å². The molecule has 0 aliphatic rings. The summed E-state index contributed by atoms with van der Waals surface area (Å²) in [4.78, 5) is 7.89. The number of ether oxygens (including phenoxy) is 2. The summed E-state index contributed by atoms with van der Waals surface area (Å²) in [5.41, 5.74) is 9.62. The second-order valence-corrected chi connectivity index (χ2v) is 5.15. The molecule has 5 nitrogen and oxygen atoms in total. The second-order valence-electron chi connectivity index (χ2n) is 5.15. The zero-order valence-electron chi connectivity index (χ0n) is 12.7. The number of aromatic amines is 1. The third-order valence-electron chi connectivity index (χ3n) is 3.65. The van der Waals surface area contributed by atoms with Gasteiger partial charge in [0, 0.05) is 12.1 Å². The molecule has 0 fully saturated rings. The molecule has 1 aromatic heterocycles. The van der Waals surface area contributed by atoms with Crippen molar-refractivity contribution in [2.75, 3.05) is 20.0 Å². The van der Waals surface area contributed by atoms with E-state index in [9.17, 15) is 0 Å². The number of hydrogen-bond donors (Lipinski definition) is 2. The van der Waals surface area contributed by atoms with Crippen molar-refractivity contribution in [3.63, 3.8) is 0 Å². The third-order valence-corrected chi connectivity index (χ3v) is 3.65. The topological polar surface area (TPSA) is 73.2 Å². The lowest BCUT2D eigenvalue weighted by Gasteiger charge is -2.09. The molecule has 1 heterocycles. The number of nitrogens with zero attached hydrogens (tertiary/aromatic N) is 1. The first-order valence-corrected chi connectivity index (χ1v) is 7.14. The van der Waals surface area contributed by atoms with Crippen LogP contribution in [0.4, 0.5) is 5.69 Å². The summed E-state index contributed by atoms with van der Waals surface area (Å²) in [5, 5.41) is 0. The van der Waals surface area contributed by atoms with E-state index in [-0.39, 0.29) is 0 Å². The van der Waals surface area contributed by atoms with Crippen molar-refractivity contribution in [3.8, 4) is 11.5 Å². The molecule has 0 aliphatic heterocycles. The molecule has 0 amide bonds. The molecule has 0 unspecified atom stereocenters. The van der Waals surface area contributed by atoms with Gasteiger partial charge in [0.25, 0.3) is 0 Å². The number of benzene rings is 2. The van der Waals surface area contributed by atoms with E-state index in [0.717, 1.165) is 46.9 Å². The van der Waals surface area contributed by atoms with Crippen LogP contribution in [0.2, 0.25) is 0 Å². The molecule has 0 atom stereocenters. The molecule has 0 aliphatic carbocycles. The van der Waals surface area contributed by atoms with Crippen LogP contribution in [0.25, 0.3) is 11.0 Å². The van der Waals surface area contributed by atoms with Crippen molar-refractivity contribution >= 4 is 16.7 Å². The van der Waals surface area contributed by atoms with Crippen LogP contribution >= 0.6 is 0 Å². The highest BCUT2D eigenvalue weighted by atomic mass is 16.5. The lowest BCUT2D eigenvalue weighted by molar-refractivity contribution is 0.354. The first-order chi connectivity index (χ1) is 10.7. The average Bonchev–Trinajstić information content (AvgIpc) is 2.94. The molecule has 0 bridgehead atoms. The van der Waals surface area contributed by atoms with Gasteiger partial charge in [0.05, 0.1) is 25.3 Å². The van der Waals surface area contributed by atoms with E-state index < -0.39 is 0 Å². The standard InChI is InChI=1S/C17H19N3O2/c1-21-15-7-3-11(9-16(15)22-2)4-8-17-19-13-6-5-12(18)10-14(13)20-17/h3,5-7,9-10H,4,8,18H2,1-2H3,(H,19,20). The van der Waals surface area contributed by atoms with Gasteiger partial charge in [0.2, 0.25) is 0 Å². The molecule has 0 spiro atoms. The number of hydrogen-bond acceptors (Lipinski definition) is 4. The van der Waals surface area contributed by atoms with E-state index in [1.165, 1.54) is 5.56 Å². The van der Waals surface area contributed by atoms with Crippen molar-refractivity contribution in [2.24, 2.45) is 0 Å². The SMILES string of the molecule is COc1ccc(CCc2nc3ccc(N)cc3[nH]2)cc1OC. The minimum absolute atomic E-state index is 0.739. The Hall–Kier alpha value is -2.69. The summed E-state index contributed by atoms with van der Waals surface area (Å²) < 4.78 is 10.6. The van der Waals surface area contributed by atoms with Gasteiger partial charge in [0.15, 0.2) is 11.5 Å². The molecule has 0 saturated carbocycles. The number of nitrogen functional groups attached to an aromatic ring is 1. The lowest BCUT2D eigenvalue weighted by atomic mass is 10.1. The van der Waals surface area contributed by atoms with E-state index in [2.05, 4.69) is 9.97 Å². The fourth-order valence-electron chi connectivity index (χ4n) is 2.50. The lowest BCUT2D eigenvalue weighted by Crippen LogP contribution is -1.96. The molecule has 2 aromatic carbocycles. The normalized spacial score (nSPS) is 10.8. The monoisotopic (exact) mass is 297 g/mol. The first kappa shape index (κ1) is 14.3. The van der Waals surface area contributed by atoms with Crippen LogP contribution in [0, 0.1) is 0 Å². The summed E-state index contributed by atoms with van der Waals surface area (Å²) >= 11 is 0. The second kappa shape index (κ2) is 5.97. The molecule has 114 valence electrons. The third kappa shape index (κ3) is 2.83. The van der Waals surface area contributed by atoms with Gasteiger partial charge in [-0.05, 0) is 42.3 Å². The van der Waals surface area contributed by atoms with Gasteiger partial charge in [-0.3, -0.25) is 0 Å². The van der Waals surface area contributed by atoms with Crippen molar-refractivity contribution in [1.29, 1.82) is 0 Å². The molecule has 0 radical (unpaired) electrons.